The van der Waals surface area contributed by atoms with Gasteiger partial charge in [-0.25, -0.2) is 0 Å². The van der Waals surface area contributed by atoms with Crippen LogP contribution in [-0.2, 0) is 4.74 Å². The van der Waals surface area contributed by atoms with Crippen molar-refractivity contribution in [1.82, 2.24) is 0 Å². The lowest BCUT2D eigenvalue weighted by atomic mass is 9.49. The molecule has 74 valence electrons. The lowest BCUT2D eigenvalue weighted by Crippen LogP contribution is -2.38. The lowest BCUT2D eigenvalue weighted by Gasteiger charge is -2.45. The summed E-state index contributed by atoms with van der Waals surface area (Å²) in [5.41, 5.74) is 0.196. The molecule has 0 aromatic rings. The largest absolute Gasteiger partial charge is 0.373 e. The number of hydrogen-bond acceptors (Lipinski definition) is 1. The lowest BCUT2D eigenvalue weighted by molar-refractivity contribution is 0.114. The fourth-order valence-electron chi connectivity index (χ4n) is 2.60. The van der Waals surface area contributed by atoms with Gasteiger partial charge in [0.2, 0.25) is 0 Å². The molecule has 13 heavy (non-hydrogen) atoms. The molecule has 0 amide bonds. The van der Waals surface area contributed by atoms with Crippen LogP contribution in [0, 0.1) is 5.41 Å². The molecule has 0 aliphatic carbocycles. The standard InChI is InChI=1S/C11H21BO/c1-5-10(4,12)11(6-2,7-3)9-8-13-9/h9H,5-8H2,1-4H3. The summed E-state index contributed by atoms with van der Waals surface area (Å²) in [6.45, 7) is 9.70. The second-order valence-electron chi connectivity index (χ2n) is 4.46. The van der Waals surface area contributed by atoms with E-state index in [1.54, 1.807) is 0 Å². The van der Waals surface area contributed by atoms with Crippen molar-refractivity contribution in [1.29, 1.82) is 0 Å². The van der Waals surface area contributed by atoms with Crippen LogP contribution in [0.5, 0.6) is 0 Å². The molecule has 0 aromatic heterocycles. The van der Waals surface area contributed by atoms with Crippen LogP contribution < -0.4 is 0 Å². The number of hydrogen-bond donors (Lipinski definition) is 0. The van der Waals surface area contributed by atoms with Gasteiger partial charge in [0, 0.05) is 0 Å². The van der Waals surface area contributed by atoms with E-state index in [4.69, 9.17) is 12.6 Å². The molecule has 1 heterocycles. The molecule has 2 heteroatoms. The molecule has 1 aliphatic heterocycles. The zero-order valence-electron chi connectivity index (χ0n) is 9.39. The molecule has 1 fully saturated rings. The molecule has 1 aliphatic rings. The van der Waals surface area contributed by atoms with E-state index >= 15 is 0 Å². The van der Waals surface area contributed by atoms with Gasteiger partial charge in [0.1, 0.15) is 0 Å². The van der Waals surface area contributed by atoms with Crippen LogP contribution in [0.2, 0.25) is 5.31 Å². The van der Waals surface area contributed by atoms with Crippen LogP contribution >= 0.6 is 0 Å². The summed E-state index contributed by atoms with van der Waals surface area (Å²) < 4.78 is 5.46. The van der Waals surface area contributed by atoms with Gasteiger partial charge in [0.05, 0.1) is 20.6 Å². The number of epoxide rings is 1. The Bertz CT molecular complexity index is 169. The van der Waals surface area contributed by atoms with Crippen LogP contribution in [0.1, 0.15) is 47.0 Å². The minimum absolute atomic E-state index is 0.0856. The zero-order chi connectivity index (χ0) is 10.1. The molecule has 0 bridgehead atoms. The van der Waals surface area contributed by atoms with Gasteiger partial charge in [-0.1, -0.05) is 39.4 Å². The maximum atomic E-state index is 6.38. The first-order chi connectivity index (χ1) is 6.04. The van der Waals surface area contributed by atoms with Crippen LogP contribution in [-0.4, -0.2) is 20.6 Å². The molecule has 2 atom stereocenters. The Morgan fingerprint density at radius 3 is 1.92 bits per heavy atom. The predicted molar refractivity (Wildman–Crippen MR) is 57.2 cm³/mol. The van der Waals surface area contributed by atoms with E-state index in [0.29, 0.717) is 6.10 Å². The first-order valence-corrected chi connectivity index (χ1v) is 5.44. The smallest absolute Gasteiger partial charge is 0.0863 e. The molecular formula is C11H21BO. The molecule has 0 N–H and O–H groups in total. The summed E-state index contributed by atoms with van der Waals surface area (Å²) in [5.74, 6) is 0. The van der Waals surface area contributed by atoms with E-state index in [9.17, 15) is 0 Å². The monoisotopic (exact) mass is 180 g/mol. The minimum Gasteiger partial charge on any atom is -0.373 e. The third-order valence-corrected chi connectivity index (χ3v) is 4.08. The molecule has 0 saturated carbocycles. The minimum atomic E-state index is -0.0856. The summed E-state index contributed by atoms with van der Waals surface area (Å²) in [6.07, 6.45) is 3.68. The molecule has 1 nitrogen and oxygen atoms in total. The quantitative estimate of drug-likeness (QED) is 0.468. The summed E-state index contributed by atoms with van der Waals surface area (Å²) >= 11 is 0. The molecule has 0 spiro atoms. The third-order valence-electron chi connectivity index (χ3n) is 4.08. The number of ether oxygens (including phenoxy) is 1. The van der Waals surface area contributed by atoms with E-state index in [1.807, 2.05) is 0 Å². The zero-order valence-corrected chi connectivity index (χ0v) is 9.39. The van der Waals surface area contributed by atoms with Crippen LogP contribution in [0.4, 0.5) is 0 Å². The average molecular weight is 180 g/mol. The topological polar surface area (TPSA) is 12.5 Å². The summed E-state index contributed by atoms with van der Waals surface area (Å²) in [4.78, 5) is 0. The van der Waals surface area contributed by atoms with E-state index < -0.39 is 0 Å². The summed E-state index contributed by atoms with van der Waals surface area (Å²) in [5, 5.41) is -0.0856. The Morgan fingerprint density at radius 1 is 1.23 bits per heavy atom. The SMILES string of the molecule is [B]C(C)(CC)C(CC)(CC)C1CO1. The van der Waals surface area contributed by atoms with Crippen molar-refractivity contribution in [2.24, 2.45) is 5.41 Å². The summed E-state index contributed by atoms with van der Waals surface area (Å²) in [7, 11) is 6.38. The Morgan fingerprint density at radius 2 is 1.69 bits per heavy atom. The number of rotatable bonds is 5. The first-order valence-electron chi connectivity index (χ1n) is 5.44. The average Bonchev–Trinajstić information content (AvgIpc) is 2.91. The molecule has 2 unspecified atom stereocenters. The van der Waals surface area contributed by atoms with Crippen molar-refractivity contribution in [3.05, 3.63) is 0 Å². The van der Waals surface area contributed by atoms with Crippen molar-refractivity contribution in [3.8, 4) is 0 Å². The van der Waals surface area contributed by atoms with Crippen LogP contribution in [0.25, 0.3) is 0 Å². The van der Waals surface area contributed by atoms with Gasteiger partial charge < -0.3 is 4.74 Å². The normalized spacial score (nSPS) is 26.9. The van der Waals surface area contributed by atoms with Crippen molar-refractivity contribution in [2.45, 2.75) is 58.4 Å². The highest BCUT2D eigenvalue weighted by atomic mass is 16.6. The van der Waals surface area contributed by atoms with Gasteiger partial charge in [0.25, 0.3) is 0 Å². The highest BCUT2D eigenvalue weighted by molar-refractivity contribution is 6.15. The van der Waals surface area contributed by atoms with Crippen molar-refractivity contribution < 1.29 is 4.74 Å². The first kappa shape index (κ1) is 11.1. The van der Waals surface area contributed by atoms with E-state index in [-0.39, 0.29) is 10.7 Å². The van der Waals surface area contributed by atoms with Gasteiger partial charge in [0.15, 0.2) is 0 Å². The molecular weight excluding hydrogens is 159 g/mol. The maximum Gasteiger partial charge on any atom is 0.0863 e. The van der Waals surface area contributed by atoms with Gasteiger partial charge in [-0.15, -0.1) is 0 Å². The molecule has 0 aromatic carbocycles. The van der Waals surface area contributed by atoms with E-state index in [1.165, 1.54) is 0 Å². The Balaban J connectivity index is 2.87. The van der Waals surface area contributed by atoms with Crippen molar-refractivity contribution in [3.63, 3.8) is 0 Å². The predicted octanol–water partition coefficient (Wildman–Crippen LogP) is 2.95. The fourth-order valence-corrected chi connectivity index (χ4v) is 2.60. The fraction of sp³-hybridized carbons (Fsp3) is 1.00. The van der Waals surface area contributed by atoms with Crippen LogP contribution in [0.3, 0.4) is 0 Å². The molecule has 2 radical (unpaired) electrons. The highest BCUT2D eigenvalue weighted by Crippen LogP contribution is 2.56. The van der Waals surface area contributed by atoms with Crippen LogP contribution in [0.15, 0.2) is 0 Å². The second kappa shape index (κ2) is 3.64. The third kappa shape index (κ3) is 1.65. The van der Waals surface area contributed by atoms with E-state index in [2.05, 4.69) is 27.7 Å². The van der Waals surface area contributed by atoms with Gasteiger partial charge >= 0.3 is 0 Å². The molecule has 1 saturated heterocycles. The van der Waals surface area contributed by atoms with E-state index in [0.717, 1.165) is 25.9 Å². The van der Waals surface area contributed by atoms with Crippen molar-refractivity contribution >= 4 is 7.85 Å². The van der Waals surface area contributed by atoms with Crippen molar-refractivity contribution in [2.75, 3.05) is 6.61 Å². The van der Waals surface area contributed by atoms with Gasteiger partial charge in [-0.05, 0) is 18.3 Å². The Kier molecular flexibility index (Phi) is 3.11. The second-order valence-corrected chi connectivity index (χ2v) is 4.46. The highest BCUT2D eigenvalue weighted by Gasteiger charge is 2.52. The Hall–Kier alpha value is 0.0249. The van der Waals surface area contributed by atoms with Gasteiger partial charge in [-0.3, -0.25) is 0 Å². The Labute approximate surface area is 83.6 Å². The van der Waals surface area contributed by atoms with Gasteiger partial charge in [-0.2, -0.15) is 0 Å². The molecule has 1 rings (SSSR count). The maximum absolute atomic E-state index is 6.38. The summed E-state index contributed by atoms with van der Waals surface area (Å²) in [6, 6.07) is 0.